The molecule has 0 aromatic heterocycles. The van der Waals surface area contributed by atoms with Crippen molar-refractivity contribution in [2.24, 2.45) is 5.92 Å². The van der Waals surface area contributed by atoms with Gasteiger partial charge in [-0.3, -0.25) is 4.79 Å². The minimum absolute atomic E-state index is 0.0557. The van der Waals surface area contributed by atoms with Gasteiger partial charge >= 0.3 is 0 Å². The van der Waals surface area contributed by atoms with E-state index in [1.54, 1.807) is 12.1 Å². The van der Waals surface area contributed by atoms with Crippen molar-refractivity contribution in [3.63, 3.8) is 0 Å². The zero-order chi connectivity index (χ0) is 14.3. The lowest BCUT2D eigenvalue weighted by atomic mass is 10.1. The number of fused-ring (bicyclic) bond motifs is 1. The Hall–Kier alpha value is -1.26. The number of carbonyl (C=O) groups is 1. The topological polar surface area (TPSA) is 43.8 Å². The zero-order valence-corrected chi connectivity index (χ0v) is 12.3. The van der Waals surface area contributed by atoms with Crippen molar-refractivity contribution in [3.8, 4) is 5.75 Å². The number of rotatable bonds is 2. The van der Waals surface area contributed by atoms with E-state index in [1.807, 2.05) is 4.90 Å². The van der Waals surface area contributed by atoms with E-state index in [1.165, 1.54) is 12.5 Å². The molecule has 1 aromatic rings. The van der Waals surface area contributed by atoms with Gasteiger partial charge in [-0.25, -0.2) is 0 Å². The average molecular weight is 295 g/mol. The molecule has 5 heteroatoms. The lowest BCUT2D eigenvalue weighted by Crippen LogP contribution is -2.35. The third kappa shape index (κ3) is 2.50. The Balaban J connectivity index is 1.64. The number of benzene rings is 1. The maximum absolute atomic E-state index is 12.4. The van der Waals surface area contributed by atoms with Gasteiger partial charge in [-0.1, -0.05) is 17.7 Å². The minimum Gasteiger partial charge on any atom is -0.506 e. The predicted molar refractivity (Wildman–Crippen MR) is 77.9 cm³/mol. The maximum Gasteiger partial charge on any atom is 0.227 e. The first-order valence-corrected chi connectivity index (χ1v) is 7.38. The number of halogens is 1. The number of aromatic hydroxyl groups is 1. The van der Waals surface area contributed by atoms with Crippen LogP contribution in [0.15, 0.2) is 18.2 Å². The van der Waals surface area contributed by atoms with Crippen molar-refractivity contribution in [3.05, 3.63) is 28.8 Å². The zero-order valence-electron chi connectivity index (χ0n) is 11.6. The predicted octanol–water partition coefficient (Wildman–Crippen LogP) is 1.75. The van der Waals surface area contributed by atoms with Gasteiger partial charge in [-0.05, 0) is 43.6 Å². The van der Waals surface area contributed by atoms with Gasteiger partial charge in [0.2, 0.25) is 5.91 Å². The average Bonchev–Trinajstić information content (AvgIpc) is 2.97. The second-order valence-corrected chi connectivity index (χ2v) is 6.27. The van der Waals surface area contributed by atoms with Crippen molar-refractivity contribution < 1.29 is 9.90 Å². The fourth-order valence-electron chi connectivity index (χ4n) is 3.32. The van der Waals surface area contributed by atoms with Gasteiger partial charge in [0.25, 0.3) is 0 Å². The Morgan fingerprint density at radius 3 is 2.95 bits per heavy atom. The molecule has 20 heavy (non-hydrogen) atoms. The molecule has 0 saturated carbocycles. The molecule has 0 spiro atoms. The highest BCUT2D eigenvalue weighted by Crippen LogP contribution is 2.31. The van der Waals surface area contributed by atoms with Crippen molar-refractivity contribution in [2.45, 2.75) is 18.9 Å². The SMILES string of the molecule is CN1CC[C@H]2CN(C(=O)Cc3ccc(O)c(Cl)c3)C[C@H]21. The highest BCUT2D eigenvalue weighted by atomic mass is 35.5. The van der Waals surface area contributed by atoms with Gasteiger partial charge in [0.05, 0.1) is 11.4 Å². The third-order valence-corrected chi connectivity index (χ3v) is 4.85. The number of nitrogens with zero attached hydrogens (tertiary/aromatic N) is 2. The fourth-order valence-corrected chi connectivity index (χ4v) is 3.53. The molecule has 1 N–H and O–H groups in total. The molecule has 0 bridgehead atoms. The fraction of sp³-hybridized carbons (Fsp3) is 0.533. The lowest BCUT2D eigenvalue weighted by molar-refractivity contribution is -0.129. The quantitative estimate of drug-likeness (QED) is 0.904. The van der Waals surface area contributed by atoms with E-state index < -0.39 is 0 Å². The molecular weight excluding hydrogens is 276 g/mol. The van der Waals surface area contributed by atoms with Crippen LogP contribution in [0.1, 0.15) is 12.0 Å². The summed E-state index contributed by atoms with van der Waals surface area (Å²) in [6.07, 6.45) is 1.54. The minimum atomic E-state index is 0.0557. The molecule has 1 amide bonds. The van der Waals surface area contributed by atoms with E-state index in [2.05, 4.69) is 11.9 Å². The summed E-state index contributed by atoms with van der Waals surface area (Å²) >= 11 is 5.87. The van der Waals surface area contributed by atoms with Crippen molar-refractivity contribution in [1.82, 2.24) is 9.80 Å². The van der Waals surface area contributed by atoms with E-state index in [9.17, 15) is 9.90 Å². The van der Waals surface area contributed by atoms with Crippen molar-refractivity contribution in [1.29, 1.82) is 0 Å². The molecule has 1 aromatic carbocycles. The highest BCUT2D eigenvalue weighted by molar-refractivity contribution is 6.32. The number of likely N-dealkylation sites (tertiary alicyclic amines) is 2. The van der Waals surface area contributed by atoms with Crippen LogP contribution in [0.2, 0.25) is 5.02 Å². The Morgan fingerprint density at radius 2 is 2.25 bits per heavy atom. The van der Waals surface area contributed by atoms with Gasteiger partial charge in [0.15, 0.2) is 0 Å². The molecule has 2 heterocycles. The molecule has 108 valence electrons. The summed E-state index contributed by atoms with van der Waals surface area (Å²) in [7, 11) is 2.14. The van der Waals surface area contributed by atoms with E-state index in [-0.39, 0.29) is 11.7 Å². The molecule has 2 atom stereocenters. The molecule has 2 saturated heterocycles. The molecule has 2 aliphatic heterocycles. The van der Waals surface area contributed by atoms with Crippen LogP contribution in [-0.2, 0) is 11.2 Å². The summed E-state index contributed by atoms with van der Waals surface area (Å²) in [5.74, 6) is 0.835. The lowest BCUT2D eigenvalue weighted by Gasteiger charge is -2.20. The van der Waals surface area contributed by atoms with Crippen LogP contribution in [0.3, 0.4) is 0 Å². The molecule has 0 radical (unpaired) electrons. The molecule has 2 fully saturated rings. The Kier molecular flexibility index (Phi) is 3.61. The first kappa shape index (κ1) is 13.7. The number of likely N-dealkylation sites (N-methyl/N-ethyl adjacent to an activating group) is 1. The van der Waals surface area contributed by atoms with Gasteiger partial charge in [0, 0.05) is 19.1 Å². The van der Waals surface area contributed by atoms with Crippen LogP contribution in [0.25, 0.3) is 0 Å². The highest BCUT2D eigenvalue weighted by Gasteiger charge is 2.40. The number of carbonyl (C=O) groups excluding carboxylic acids is 1. The van der Waals surface area contributed by atoms with Crippen LogP contribution >= 0.6 is 11.6 Å². The van der Waals surface area contributed by atoms with Gasteiger partial charge < -0.3 is 14.9 Å². The largest absolute Gasteiger partial charge is 0.506 e. The molecule has 3 rings (SSSR count). The molecule has 0 aliphatic carbocycles. The summed E-state index contributed by atoms with van der Waals surface area (Å²) in [6.45, 7) is 2.86. The summed E-state index contributed by atoms with van der Waals surface area (Å²) in [4.78, 5) is 16.7. The van der Waals surface area contributed by atoms with Gasteiger partial charge in [-0.15, -0.1) is 0 Å². The molecular formula is C15H19ClN2O2. The van der Waals surface area contributed by atoms with Crippen LogP contribution < -0.4 is 0 Å². The number of amides is 1. The molecule has 2 aliphatic rings. The summed E-state index contributed by atoms with van der Waals surface area (Å²) in [5, 5.41) is 9.69. The van der Waals surface area contributed by atoms with E-state index in [0.717, 1.165) is 25.2 Å². The number of phenolic OH excluding ortho intramolecular Hbond substituents is 1. The van der Waals surface area contributed by atoms with Crippen LogP contribution in [0.5, 0.6) is 5.75 Å². The normalized spacial score (nSPS) is 26.0. The number of hydrogen-bond acceptors (Lipinski definition) is 3. The van der Waals surface area contributed by atoms with E-state index in [4.69, 9.17) is 11.6 Å². The monoisotopic (exact) mass is 294 g/mol. The summed E-state index contributed by atoms with van der Waals surface area (Å²) < 4.78 is 0. The smallest absolute Gasteiger partial charge is 0.227 e. The number of hydrogen-bond donors (Lipinski definition) is 1. The molecule has 0 unspecified atom stereocenters. The second kappa shape index (κ2) is 5.26. The first-order chi connectivity index (χ1) is 9.54. The van der Waals surface area contributed by atoms with Crippen LogP contribution in [0.4, 0.5) is 0 Å². The Morgan fingerprint density at radius 1 is 1.45 bits per heavy atom. The van der Waals surface area contributed by atoms with E-state index >= 15 is 0 Å². The van der Waals surface area contributed by atoms with Gasteiger partial charge in [0.1, 0.15) is 5.75 Å². The first-order valence-electron chi connectivity index (χ1n) is 7.00. The Labute approximate surface area is 123 Å². The summed E-state index contributed by atoms with van der Waals surface area (Å²) in [6, 6.07) is 5.49. The number of phenols is 1. The third-order valence-electron chi connectivity index (χ3n) is 4.55. The van der Waals surface area contributed by atoms with Crippen molar-refractivity contribution in [2.75, 3.05) is 26.7 Å². The van der Waals surface area contributed by atoms with Crippen LogP contribution in [-0.4, -0.2) is 53.5 Å². The van der Waals surface area contributed by atoms with E-state index in [0.29, 0.717) is 23.4 Å². The molecule has 4 nitrogen and oxygen atoms in total. The standard InChI is InChI=1S/C15H19ClN2O2/c1-17-5-4-11-8-18(9-13(11)17)15(20)7-10-2-3-14(19)12(16)6-10/h2-3,6,11,13,19H,4-5,7-9H2,1H3/t11-,13+/m0/s1. The van der Waals surface area contributed by atoms with Crippen LogP contribution in [0, 0.1) is 5.92 Å². The van der Waals surface area contributed by atoms with Gasteiger partial charge in [-0.2, -0.15) is 0 Å². The second-order valence-electron chi connectivity index (χ2n) is 5.86. The maximum atomic E-state index is 12.4. The van der Waals surface area contributed by atoms with Crippen molar-refractivity contribution >= 4 is 17.5 Å². The Bertz CT molecular complexity index is 535. The summed E-state index contributed by atoms with van der Waals surface area (Å²) in [5.41, 5.74) is 0.850.